The highest BCUT2D eigenvalue weighted by Gasteiger charge is 2.24. The quantitative estimate of drug-likeness (QED) is 0.813. The SMILES string of the molecule is COc1ccc(C(N)C(CO)C(C)C)c(OC)c1. The van der Waals surface area contributed by atoms with E-state index in [4.69, 9.17) is 15.2 Å². The van der Waals surface area contributed by atoms with Crippen LogP contribution in [0, 0.1) is 11.8 Å². The van der Waals surface area contributed by atoms with E-state index in [-0.39, 0.29) is 18.6 Å². The molecule has 0 saturated heterocycles. The molecule has 0 radical (unpaired) electrons. The third-order valence-electron chi connectivity index (χ3n) is 3.33. The Morgan fingerprint density at radius 3 is 2.33 bits per heavy atom. The molecule has 4 heteroatoms. The fraction of sp³-hybridized carbons (Fsp3) is 0.571. The molecule has 0 aliphatic carbocycles. The van der Waals surface area contributed by atoms with E-state index in [9.17, 15) is 5.11 Å². The van der Waals surface area contributed by atoms with Crippen molar-refractivity contribution in [3.8, 4) is 11.5 Å². The summed E-state index contributed by atoms with van der Waals surface area (Å²) in [7, 11) is 3.22. The Balaban J connectivity index is 3.07. The highest BCUT2D eigenvalue weighted by molar-refractivity contribution is 5.42. The van der Waals surface area contributed by atoms with Crippen LogP contribution in [0.25, 0.3) is 0 Å². The minimum absolute atomic E-state index is 0.00675. The van der Waals surface area contributed by atoms with Crippen molar-refractivity contribution in [1.29, 1.82) is 0 Å². The summed E-state index contributed by atoms with van der Waals surface area (Å²) in [5, 5.41) is 9.45. The zero-order valence-electron chi connectivity index (χ0n) is 11.5. The molecule has 3 N–H and O–H groups in total. The van der Waals surface area contributed by atoms with Crippen molar-refractivity contribution in [3.63, 3.8) is 0 Å². The Morgan fingerprint density at radius 2 is 1.89 bits per heavy atom. The van der Waals surface area contributed by atoms with E-state index in [0.29, 0.717) is 11.7 Å². The van der Waals surface area contributed by atoms with Gasteiger partial charge in [0.15, 0.2) is 0 Å². The van der Waals surface area contributed by atoms with Crippen LogP contribution >= 0.6 is 0 Å². The molecular weight excluding hydrogens is 230 g/mol. The van der Waals surface area contributed by atoms with E-state index in [0.717, 1.165) is 11.3 Å². The van der Waals surface area contributed by atoms with Gasteiger partial charge in [0.1, 0.15) is 11.5 Å². The molecule has 2 atom stereocenters. The molecule has 1 aromatic carbocycles. The predicted octanol–water partition coefficient (Wildman–Crippen LogP) is 1.97. The summed E-state index contributed by atoms with van der Waals surface area (Å²) in [6, 6.07) is 5.31. The Labute approximate surface area is 109 Å². The van der Waals surface area contributed by atoms with Gasteiger partial charge in [0.05, 0.1) is 14.2 Å². The van der Waals surface area contributed by atoms with Crippen LogP contribution in [0.4, 0.5) is 0 Å². The van der Waals surface area contributed by atoms with Crippen molar-refractivity contribution in [2.24, 2.45) is 17.6 Å². The van der Waals surface area contributed by atoms with Crippen molar-refractivity contribution < 1.29 is 14.6 Å². The van der Waals surface area contributed by atoms with Gasteiger partial charge in [-0.1, -0.05) is 19.9 Å². The predicted molar refractivity (Wildman–Crippen MR) is 71.9 cm³/mol. The summed E-state index contributed by atoms with van der Waals surface area (Å²) in [6.45, 7) is 4.17. The minimum Gasteiger partial charge on any atom is -0.497 e. The van der Waals surface area contributed by atoms with Gasteiger partial charge in [0, 0.05) is 30.2 Å². The first-order valence-electron chi connectivity index (χ1n) is 6.13. The summed E-state index contributed by atoms with van der Waals surface area (Å²) in [5.41, 5.74) is 7.13. The van der Waals surface area contributed by atoms with Crippen LogP contribution in [0.2, 0.25) is 0 Å². The molecule has 0 saturated carbocycles. The Hall–Kier alpha value is -1.26. The summed E-state index contributed by atoms with van der Waals surface area (Å²) in [6.07, 6.45) is 0. The molecule has 0 aliphatic heterocycles. The van der Waals surface area contributed by atoms with Crippen LogP contribution in [0.1, 0.15) is 25.5 Å². The Bertz CT molecular complexity index is 379. The van der Waals surface area contributed by atoms with E-state index in [1.54, 1.807) is 14.2 Å². The van der Waals surface area contributed by atoms with Crippen molar-refractivity contribution in [2.75, 3.05) is 20.8 Å². The molecular formula is C14H23NO3. The van der Waals surface area contributed by atoms with Crippen LogP contribution in [0.15, 0.2) is 18.2 Å². The summed E-state index contributed by atoms with van der Waals surface area (Å²) in [4.78, 5) is 0. The van der Waals surface area contributed by atoms with Gasteiger partial charge in [-0.2, -0.15) is 0 Å². The topological polar surface area (TPSA) is 64.7 Å². The van der Waals surface area contributed by atoms with E-state index >= 15 is 0 Å². The Kier molecular flexibility index (Phi) is 5.44. The monoisotopic (exact) mass is 253 g/mol. The molecule has 0 spiro atoms. The molecule has 1 aromatic rings. The van der Waals surface area contributed by atoms with Crippen LogP contribution in [-0.4, -0.2) is 25.9 Å². The Morgan fingerprint density at radius 1 is 1.22 bits per heavy atom. The lowest BCUT2D eigenvalue weighted by Gasteiger charge is -2.27. The fourth-order valence-corrected chi connectivity index (χ4v) is 2.06. The largest absolute Gasteiger partial charge is 0.497 e. The van der Waals surface area contributed by atoms with Crippen molar-refractivity contribution >= 4 is 0 Å². The first-order chi connectivity index (χ1) is 8.54. The van der Waals surface area contributed by atoms with Crippen molar-refractivity contribution in [1.82, 2.24) is 0 Å². The molecule has 0 fully saturated rings. The number of benzene rings is 1. The molecule has 0 aliphatic rings. The average molecular weight is 253 g/mol. The first kappa shape index (κ1) is 14.8. The number of nitrogens with two attached hydrogens (primary N) is 1. The van der Waals surface area contributed by atoms with Crippen LogP contribution in [-0.2, 0) is 0 Å². The van der Waals surface area contributed by atoms with E-state index in [1.807, 2.05) is 18.2 Å². The second-order valence-electron chi connectivity index (χ2n) is 4.72. The summed E-state index contributed by atoms with van der Waals surface area (Å²) in [5.74, 6) is 1.73. The van der Waals surface area contributed by atoms with Gasteiger partial charge >= 0.3 is 0 Å². The second kappa shape index (κ2) is 6.61. The number of hydrogen-bond donors (Lipinski definition) is 2. The third-order valence-corrected chi connectivity index (χ3v) is 3.33. The lowest BCUT2D eigenvalue weighted by molar-refractivity contribution is 0.164. The highest BCUT2D eigenvalue weighted by atomic mass is 16.5. The van der Waals surface area contributed by atoms with E-state index in [2.05, 4.69) is 13.8 Å². The van der Waals surface area contributed by atoms with Gasteiger partial charge in [-0.3, -0.25) is 0 Å². The lowest BCUT2D eigenvalue weighted by atomic mass is 9.85. The molecule has 4 nitrogen and oxygen atoms in total. The number of aliphatic hydroxyl groups excluding tert-OH is 1. The molecule has 0 bridgehead atoms. The summed E-state index contributed by atoms with van der Waals surface area (Å²) < 4.78 is 10.5. The maximum Gasteiger partial charge on any atom is 0.127 e. The standard InChI is InChI=1S/C14H23NO3/c1-9(2)12(8-16)14(15)11-6-5-10(17-3)7-13(11)18-4/h5-7,9,12,14,16H,8,15H2,1-4H3. The second-order valence-corrected chi connectivity index (χ2v) is 4.72. The van der Waals surface area contributed by atoms with Gasteiger partial charge in [-0.05, 0) is 12.0 Å². The molecule has 18 heavy (non-hydrogen) atoms. The normalized spacial score (nSPS) is 14.4. The van der Waals surface area contributed by atoms with Crippen molar-refractivity contribution in [3.05, 3.63) is 23.8 Å². The maximum absolute atomic E-state index is 9.45. The molecule has 0 heterocycles. The number of methoxy groups -OCH3 is 2. The van der Waals surface area contributed by atoms with Gasteiger partial charge < -0.3 is 20.3 Å². The zero-order chi connectivity index (χ0) is 13.7. The molecule has 0 aromatic heterocycles. The molecule has 0 amide bonds. The van der Waals surface area contributed by atoms with E-state index in [1.165, 1.54) is 0 Å². The van der Waals surface area contributed by atoms with Crippen LogP contribution in [0.5, 0.6) is 11.5 Å². The van der Waals surface area contributed by atoms with Crippen molar-refractivity contribution in [2.45, 2.75) is 19.9 Å². The summed E-state index contributed by atoms with van der Waals surface area (Å²) >= 11 is 0. The number of ether oxygens (including phenoxy) is 2. The molecule has 102 valence electrons. The lowest BCUT2D eigenvalue weighted by Crippen LogP contribution is -2.28. The van der Waals surface area contributed by atoms with Gasteiger partial charge in [0.2, 0.25) is 0 Å². The maximum atomic E-state index is 9.45. The zero-order valence-corrected chi connectivity index (χ0v) is 11.5. The van der Waals surface area contributed by atoms with Crippen LogP contribution in [0.3, 0.4) is 0 Å². The highest BCUT2D eigenvalue weighted by Crippen LogP contribution is 2.34. The molecule has 2 unspecified atom stereocenters. The number of aliphatic hydroxyl groups is 1. The van der Waals surface area contributed by atoms with Crippen LogP contribution < -0.4 is 15.2 Å². The average Bonchev–Trinajstić information content (AvgIpc) is 2.38. The van der Waals surface area contributed by atoms with Gasteiger partial charge in [-0.15, -0.1) is 0 Å². The number of rotatable bonds is 6. The third kappa shape index (κ3) is 3.15. The van der Waals surface area contributed by atoms with E-state index < -0.39 is 0 Å². The molecule has 1 rings (SSSR count). The minimum atomic E-state index is -0.254. The fourth-order valence-electron chi connectivity index (χ4n) is 2.06. The smallest absolute Gasteiger partial charge is 0.127 e. The number of hydrogen-bond acceptors (Lipinski definition) is 4. The van der Waals surface area contributed by atoms with Gasteiger partial charge in [-0.25, -0.2) is 0 Å². The van der Waals surface area contributed by atoms with Gasteiger partial charge in [0.25, 0.3) is 0 Å². The first-order valence-corrected chi connectivity index (χ1v) is 6.13.